The summed E-state index contributed by atoms with van der Waals surface area (Å²) in [5.74, 6) is 1.99. The van der Waals surface area contributed by atoms with Crippen LogP contribution in [0.5, 0.6) is 0 Å². The van der Waals surface area contributed by atoms with Crippen molar-refractivity contribution in [2.75, 3.05) is 0 Å². The van der Waals surface area contributed by atoms with Gasteiger partial charge in [0.15, 0.2) is 0 Å². The molecule has 0 bridgehead atoms. The SMILES string of the molecule is CC1CC(=O)CC2=CC[C@@H]3[C@@H](CC[C@]4(C)C(=O)CC[C@@H]34)[C@]21C=O. The molecule has 0 aliphatic heterocycles. The molecule has 0 aromatic rings. The second kappa shape index (κ2) is 4.87. The Morgan fingerprint density at radius 3 is 2.74 bits per heavy atom. The van der Waals surface area contributed by atoms with Gasteiger partial charge in [0.05, 0.1) is 5.41 Å². The summed E-state index contributed by atoms with van der Waals surface area (Å²) < 4.78 is 0. The number of hydrogen-bond acceptors (Lipinski definition) is 3. The Labute approximate surface area is 137 Å². The van der Waals surface area contributed by atoms with Crippen LogP contribution >= 0.6 is 0 Å². The molecule has 0 radical (unpaired) electrons. The molecular weight excluding hydrogens is 288 g/mol. The van der Waals surface area contributed by atoms with Crippen molar-refractivity contribution >= 4 is 17.9 Å². The molecule has 3 nitrogen and oxygen atoms in total. The summed E-state index contributed by atoms with van der Waals surface area (Å²) in [4.78, 5) is 36.7. The van der Waals surface area contributed by atoms with Gasteiger partial charge in [-0.05, 0) is 49.4 Å². The molecule has 0 amide bonds. The molecule has 3 fully saturated rings. The van der Waals surface area contributed by atoms with Crippen molar-refractivity contribution in [3.63, 3.8) is 0 Å². The number of Topliss-reactive ketones (excluding diaryl/α,β-unsaturated/α-hetero) is 2. The molecule has 3 saturated carbocycles. The highest BCUT2D eigenvalue weighted by atomic mass is 16.1. The second-order valence-corrected chi connectivity index (χ2v) is 8.63. The smallest absolute Gasteiger partial charge is 0.139 e. The molecule has 23 heavy (non-hydrogen) atoms. The Kier molecular flexibility index (Phi) is 3.24. The molecule has 4 aliphatic rings. The fraction of sp³-hybridized carbons (Fsp3) is 0.750. The lowest BCUT2D eigenvalue weighted by atomic mass is 9.46. The van der Waals surface area contributed by atoms with Crippen molar-refractivity contribution in [3.05, 3.63) is 11.6 Å². The molecule has 0 heterocycles. The Morgan fingerprint density at radius 2 is 2.00 bits per heavy atom. The molecule has 4 aliphatic carbocycles. The van der Waals surface area contributed by atoms with Crippen molar-refractivity contribution in [2.24, 2.45) is 34.5 Å². The van der Waals surface area contributed by atoms with Gasteiger partial charge in [-0.15, -0.1) is 0 Å². The lowest BCUT2D eigenvalue weighted by Gasteiger charge is -2.57. The van der Waals surface area contributed by atoms with Crippen LogP contribution in [0.3, 0.4) is 0 Å². The Hall–Kier alpha value is -1.25. The predicted molar refractivity (Wildman–Crippen MR) is 86.7 cm³/mol. The summed E-state index contributed by atoms with van der Waals surface area (Å²) >= 11 is 0. The van der Waals surface area contributed by atoms with Gasteiger partial charge in [-0.1, -0.05) is 25.5 Å². The highest BCUT2D eigenvalue weighted by molar-refractivity contribution is 5.88. The molecule has 0 N–H and O–H groups in total. The van der Waals surface area contributed by atoms with Crippen molar-refractivity contribution < 1.29 is 14.4 Å². The summed E-state index contributed by atoms with van der Waals surface area (Å²) in [5.41, 5.74) is 0.485. The molecule has 6 atom stereocenters. The molecule has 0 aromatic carbocycles. The summed E-state index contributed by atoms with van der Waals surface area (Å²) in [6.45, 7) is 4.24. The minimum Gasteiger partial charge on any atom is -0.302 e. The van der Waals surface area contributed by atoms with E-state index in [4.69, 9.17) is 0 Å². The zero-order chi connectivity index (χ0) is 16.4. The van der Waals surface area contributed by atoms with Crippen molar-refractivity contribution in [3.8, 4) is 0 Å². The van der Waals surface area contributed by atoms with E-state index in [1.807, 2.05) is 0 Å². The Morgan fingerprint density at radius 1 is 1.22 bits per heavy atom. The van der Waals surface area contributed by atoms with Gasteiger partial charge in [-0.2, -0.15) is 0 Å². The average Bonchev–Trinajstić information content (AvgIpc) is 2.82. The van der Waals surface area contributed by atoms with E-state index in [1.165, 1.54) is 6.29 Å². The molecule has 0 aromatic heterocycles. The van der Waals surface area contributed by atoms with Gasteiger partial charge >= 0.3 is 0 Å². The van der Waals surface area contributed by atoms with Gasteiger partial charge in [-0.25, -0.2) is 0 Å². The first-order chi connectivity index (χ1) is 10.9. The van der Waals surface area contributed by atoms with Gasteiger partial charge in [0, 0.05) is 24.7 Å². The fourth-order valence-electron chi connectivity index (χ4n) is 6.65. The van der Waals surface area contributed by atoms with Crippen LogP contribution < -0.4 is 0 Å². The maximum Gasteiger partial charge on any atom is 0.139 e. The number of hydrogen-bond donors (Lipinski definition) is 0. The molecule has 124 valence electrons. The number of allylic oxidation sites excluding steroid dienone is 2. The normalized spacial score (nSPS) is 49.0. The van der Waals surface area contributed by atoms with Gasteiger partial charge in [0.2, 0.25) is 0 Å². The van der Waals surface area contributed by atoms with E-state index in [2.05, 4.69) is 19.9 Å². The van der Waals surface area contributed by atoms with Crippen molar-refractivity contribution in [2.45, 2.75) is 58.8 Å². The third-order valence-corrected chi connectivity index (χ3v) is 7.88. The Balaban J connectivity index is 1.78. The van der Waals surface area contributed by atoms with Crippen LogP contribution in [0.2, 0.25) is 0 Å². The van der Waals surface area contributed by atoms with Crippen LogP contribution in [0.15, 0.2) is 11.6 Å². The fourth-order valence-corrected chi connectivity index (χ4v) is 6.65. The highest BCUT2D eigenvalue weighted by Gasteiger charge is 2.61. The van der Waals surface area contributed by atoms with Gasteiger partial charge in [-0.3, -0.25) is 9.59 Å². The van der Waals surface area contributed by atoms with E-state index in [0.29, 0.717) is 42.8 Å². The molecule has 3 heteroatoms. The van der Waals surface area contributed by atoms with E-state index < -0.39 is 5.41 Å². The molecule has 0 saturated heterocycles. The zero-order valence-corrected chi connectivity index (χ0v) is 14.1. The van der Waals surface area contributed by atoms with E-state index in [9.17, 15) is 14.4 Å². The first kappa shape index (κ1) is 15.3. The van der Waals surface area contributed by atoms with Crippen LogP contribution in [0.25, 0.3) is 0 Å². The minimum atomic E-state index is -0.441. The molecular formula is C20H26O3. The third-order valence-electron chi connectivity index (χ3n) is 7.88. The van der Waals surface area contributed by atoms with Crippen LogP contribution in [-0.2, 0) is 14.4 Å². The number of carbonyl (C=O) groups is 3. The van der Waals surface area contributed by atoms with E-state index >= 15 is 0 Å². The number of ketones is 2. The average molecular weight is 314 g/mol. The lowest BCUT2D eigenvalue weighted by molar-refractivity contribution is -0.139. The number of rotatable bonds is 1. The third kappa shape index (κ3) is 1.79. The summed E-state index contributed by atoms with van der Waals surface area (Å²) in [6.07, 6.45) is 8.88. The number of aldehydes is 1. The van der Waals surface area contributed by atoms with E-state index in [0.717, 1.165) is 31.3 Å². The van der Waals surface area contributed by atoms with Crippen LogP contribution in [-0.4, -0.2) is 17.9 Å². The molecule has 1 unspecified atom stereocenters. The second-order valence-electron chi connectivity index (χ2n) is 8.63. The van der Waals surface area contributed by atoms with Crippen LogP contribution in [0.4, 0.5) is 0 Å². The van der Waals surface area contributed by atoms with Gasteiger partial charge < -0.3 is 4.79 Å². The largest absolute Gasteiger partial charge is 0.302 e. The Bertz CT molecular complexity index is 618. The maximum atomic E-state index is 12.4. The molecule has 4 rings (SSSR count). The maximum absolute atomic E-state index is 12.4. The van der Waals surface area contributed by atoms with E-state index in [1.54, 1.807) is 0 Å². The van der Waals surface area contributed by atoms with Crippen LogP contribution in [0.1, 0.15) is 58.8 Å². The van der Waals surface area contributed by atoms with Crippen molar-refractivity contribution in [1.29, 1.82) is 0 Å². The van der Waals surface area contributed by atoms with Crippen LogP contribution in [0, 0.1) is 34.5 Å². The number of carbonyl (C=O) groups excluding carboxylic acids is 3. The first-order valence-corrected chi connectivity index (χ1v) is 9.14. The van der Waals surface area contributed by atoms with Crippen molar-refractivity contribution in [1.82, 2.24) is 0 Å². The molecule has 0 spiro atoms. The lowest BCUT2D eigenvalue weighted by Crippen LogP contribution is -2.54. The minimum absolute atomic E-state index is 0.0989. The quantitative estimate of drug-likeness (QED) is 0.550. The summed E-state index contributed by atoms with van der Waals surface area (Å²) in [6, 6.07) is 0. The standard InChI is InChI=1S/C20H26O3/c1-12-9-14(22)10-13-3-4-15-16-5-6-18(23)19(16,2)8-7-17(15)20(12,13)11-21/h3,11-12,15-17H,4-10H2,1-2H3/t12?,15-,16-,17+,19-,20-/m0/s1. The van der Waals surface area contributed by atoms with Gasteiger partial charge in [0.25, 0.3) is 0 Å². The zero-order valence-electron chi connectivity index (χ0n) is 14.1. The first-order valence-electron chi connectivity index (χ1n) is 9.14. The predicted octanol–water partition coefficient (Wildman–Crippen LogP) is 3.51. The van der Waals surface area contributed by atoms with E-state index in [-0.39, 0.29) is 17.1 Å². The topological polar surface area (TPSA) is 51.2 Å². The monoisotopic (exact) mass is 314 g/mol. The highest BCUT2D eigenvalue weighted by Crippen LogP contribution is 2.64. The summed E-state index contributed by atoms with van der Waals surface area (Å²) in [7, 11) is 0. The van der Waals surface area contributed by atoms with Gasteiger partial charge in [0.1, 0.15) is 17.9 Å². The summed E-state index contributed by atoms with van der Waals surface area (Å²) in [5, 5.41) is 0. The number of fused-ring (bicyclic) bond motifs is 5.